The Kier molecular flexibility index (Phi) is 3.29. The molecule has 1 saturated heterocycles. The van der Waals surface area contributed by atoms with Crippen molar-refractivity contribution in [2.45, 2.75) is 31.2 Å². The van der Waals surface area contributed by atoms with Crippen molar-refractivity contribution in [1.82, 2.24) is 5.32 Å². The van der Waals surface area contributed by atoms with Gasteiger partial charge in [0.2, 0.25) is 5.91 Å². The lowest BCUT2D eigenvalue weighted by Gasteiger charge is -2.30. The number of nitrogens with zero attached hydrogens (tertiary/aromatic N) is 1. The van der Waals surface area contributed by atoms with Crippen LogP contribution in [0.25, 0.3) is 0 Å². The first kappa shape index (κ1) is 12.6. The van der Waals surface area contributed by atoms with Gasteiger partial charge in [-0.25, -0.2) is 0 Å². The van der Waals surface area contributed by atoms with Gasteiger partial charge in [-0.15, -0.1) is 0 Å². The van der Waals surface area contributed by atoms with E-state index in [0.29, 0.717) is 6.54 Å². The standard InChI is InChI=1S/C15H21N3O/c16-15(6-1-2-7-15)12-4-3-5-13(10-12)18-9-8-17-11-14(18)19/h3-5,10,17H,1-2,6-9,11,16H2. The molecule has 1 aromatic carbocycles. The number of piperazine rings is 1. The fourth-order valence-corrected chi connectivity index (χ4v) is 3.16. The van der Waals surface area contributed by atoms with Crippen molar-refractivity contribution >= 4 is 11.6 Å². The highest BCUT2D eigenvalue weighted by Gasteiger charge is 2.31. The Balaban J connectivity index is 1.89. The van der Waals surface area contributed by atoms with Gasteiger partial charge in [0.05, 0.1) is 6.54 Å². The molecule has 1 aliphatic heterocycles. The van der Waals surface area contributed by atoms with Crippen molar-refractivity contribution in [2.24, 2.45) is 5.73 Å². The van der Waals surface area contributed by atoms with Gasteiger partial charge >= 0.3 is 0 Å². The molecule has 0 aromatic heterocycles. The first-order chi connectivity index (χ1) is 9.19. The van der Waals surface area contributed by atoms with Crippen LogP contribution in [0.3, 0.4) is 0 Å². The van der Waals surface area contributed by atoms with Crippen LogP contribution in [0, 0.1) is 0 Å². The molecule has 1 saturated carbocycles. The zero-order valence-corrected chi connectivity index (χ0v) is 11.2. The summed E-state index contributed by atoms with van der Waals surface area (Å²) in [5.41, 5.74) is 8.47. The van der Waals surface area contributed by atoms with Gasteiger partial charge in [-0.1, -0.05) is 25.0 Å². The molecule has 1 heterocycles. The predicted octanol–water partition coefficient (Wildman–Crippen LogP) is 1.35. The summed E-state index contributed by atoms with van der Waals surface area (Å²) in [4.78, 5) is 13.8. The molecule has 2 aliphatic rings. The molecule has 1 amide bonds. The molecule has 3 rings (SSSR count). The van der Waals surface area contributed by atoms with Gasteiger partial charge in [0.15, 0.2) is 0 Å². The highest BCUT2D eigenvalue weighted by molar-refractivity contribution is 5.95. The van der Waals surface area contributed by atoms with Crippen molar-refractivity contribution in [3.63, 3.8) is 0 Å². The molecule has 0 spiro atoms. The van der Waals surface area contributed by atoms with Crippen LogP contribution in [0.15, 0.2) is 24.3 Å². The maximum absolute atomic E-state index is 11.9. The van der Waals surface area contributed by atoms with E-state index in [-0.39, 0.29) is 11.4 Å². The summed E-state index contributed by atoms with van der Waals surface area (Å²) < 4.78 is 0. The van der Waals surface area contributed by atoms with Gasteiger partial charge < -0.3 is 16.0 Å². The van der Waals surface area contributed by atoms with E-state index in [1.807, 2.05) is 17.0 Å². The fraction of sp³-hybridized carbons (Fsp3) is 0.533. The molecule has 4 heteroatoms. The number of benzene rings is 1. The quantitative estimate of drug-likeness (QED) is 0.843. The molecule has 2 fully saturated rings. The van der Waals surface area contributed by atoms with E-state index >= 15 is 0 Å². The Hall–Kier alpha value is -1.39. The highest BCUT2D eigenvalue weighted by atomic mass is 16.2. The van der Waals surface area contributed by atoms with Crippen molar-refractivity contribution in [3.8, 4) is 0 Å². The van der Waals surface area contributed by atoms with Crippen molar-refractivity contribution in [3.05, 3.63) is 29.8 Å². The summed E-state index contributed by atoms with van der Waals surface area (Å²) in [5, 5.41) is 3.10. The number of carbonyl (C=O) groups is 1. The maximum Gasteiger partial charge on any atom is 0.240 e. The lowest BCUT2D eigenvalue weighted by molar-refractivity contribution is -0.118. The SMILES string of the molecule is NC1(c2cccc(N3CCNCC3=O)c2)CCCC1. The molecule has 19 heavy (non-hydrogen) atoms. The molecule has 0 atom stereocenters. The van der Waals surface area contributed by atoms with Crippen LogP contribution < -0.4 is 16.0 Å². The third-order valence-electron chi connectivity index (χ3n) is 4.32. The number of anilines is 1. The van der Waals surface area contributed by atoms with Crippen LogP contribution >= 0.6 is 0 Å². The van der Waals surface area contributed by atoms with Gasteiger partial charge in [0.25, 0.3) is 0 Å². The van der Waals surface area contributed by atoms with Crippen LogP contribution in [-0.4, -0.2) is 25.5 Å². The average Bonchev–Trinajstić information content (AvgIpc) is 2.88. The first-order valence-electron chi connectivity index (χ1n) is 7.10. The van der Waals surface area contributed by atoms with Crippen LogP contribution in [0.4, 0.5) is 5.69 Å². The second-order valence-electron chi connectivity index (χ2n) is 5.64. The first-order valence-corrected chi connectivity index (χ1v) is 7.10. The van der Waals surface area contributed by atoms with E-state index in [0.717, 1.165) is 31.6 Å². The molecule has 1 aliphatic carbocycles. The minimum Gasteiger partial charge on any atom is -0.321 e. The monoisotopic (exact) mass is 259 g/mol. The normalized spacial score (nSPS) is 22.8. The average molecular weight is 259 g/mol. The smallest absolute Gasteiger partial charge is 0.240 e. The number of hydrogen-bond donors (Lipinski definition) is 2. The second-order valence-corrected chi connectivity index (χ2v) is 5.64. The molecular formula is C15H21N3O. The topological polar surface area (TPSA) is 58.4 Å². The maximum atomic E-state index is 11.9. The van der Waals surface area contributed by atoms with Crippen LogP contribution in [0.2, 0.25) is 0 Å². The number of nitrogens with one attached hydrogen (secondary N) is 1. The Bertz CT molecular complexity index is 480. The minimum atomic E-state index is -0.187. The minimum absolute atomic E-state index is 0.140. The van der Waals surface area contributed by atoms with Gasteiger partial charge in [0, 0.05) is 24.3 Å². The number of rotatable bonds is 2. The largest absolute Gasteiger partial charge is 0.321 e. The molecule has 3 N–H and O–H groups in total. The van der Waals surface area contributed by atoms with Gasteiger partial charge in [-0.3, -0.25) is 4.79 Å². The lowest BCUT2D eigenvalue weighted by Crippen LogP contribution is -2.48. The van der Waals surface area contributed by atoms with E-state index in [1.54, 1.807) is 0 Å². The molecule has 0 bridgehead atoms. The summed E-state index contributed by atoms with van der Waals surface area (Å²) in [5.74, 6) is 0.140. The van der Waals surface area contributed by atoms with Gasteiger partial charge in [0.1, 0.15) is 0 Å². The molecule has 0 radical (unpaired) electrons. The summed E-state index contributed by atoms with van der Waals surface area (Å²) >= 11 is 0. The second kappa shape index (κ2) is 4.94. The zero-order chi connectivity index (χ0) is 13.3. The zero-order valence-electron chi connectivity index (χ0n) is 11.2. The summed E-state index contributed by atoms with van der Waals surface area (Å²) in [6.07, 6.45) is 4.50. The third kappa shape index (κ3) is 2.38. The number of nitrogens with two attached hydrogens (primary N) is 1. The van der Waals surface area contributed by atoms with E-state index in [9.17, 15) is 4.79 Å². The van der Waals surface area contributed by atoms with E-state index < -0.39 is 0 Å². The number of carbonyl (C=O) groups excluding carboxylic acids is 1. The van der Waals surface area contributed by atoms with E-state index in [4.69, 9.17) is 5.73 Å². The van der Waals surface area contributed by atoms with Crippen LogP contribution in [-0.2, 0) is 10.3 Å². The molecule has 102 valence electrons. The Morgan fingerprint density at radius 2 is 2.05 bits per heavy atom. The lowest BCUT2D eigenvalue weighted by atomic mass is 9.89. The third-order valence-corrected chi connectivity index (χ3v) is 4.32. The molecule has 0 unspecified atom stereocenters. The predicted molar refractivity (Wildman–Crippen MR) is 76.0 cm³/mol. The number of hydrogen-bond acceptors (Lipinski definition) is 3. The molecular weight excluding hydrogens is 238 g/mol. The van der Waals surface area contributed by atoms with Crippen molar-refractivity contribution < 1.29 is 4.79 Å². The van der Waals surface area contributed by atoms with Crippen LogP contribution in [0.5, 0.6) is 0 Å². The Morgan fingerprint density at radius 1 is 1.26 bits per heavy atom. The molecule has 4 nitrogen and oxygen atoms in total. The van der Waals surface area contributed by atoms with Gasteiger partial charge in [-0.05, 0) is 30.5 Å². The Labute approximate surface area is 114 Å². The van der Waals surface area contributed by atoms with E-state index in [2.05, 4.69) is 17.4 Å². The van der Waals surface area contributed by atoms with Gasteiger partial charge in [-0.2, -0.15) is 0 Å². The van der Waals surface area contributed by atoms with Crippen molar-refractivity contribution in [1.29, 1.82) is 0 Å². The summed E-state index contributed by atoms with van der Waals surface area (Å²) in [6.45, 7) is 2.02. The number of amides is 1. The van der Waals surface area contributed by atoms with Crippen LogP contribution in [0.1, 0.15) is 31.2 Å². The highest BCUT2D eigenvalue weighted by Crippen LogP contribution is 2.37. The summed E-state index contributed by atoms with van der Waals surface area (Å²) in [6, 6.07) is 8.23. The Morgan fingerprint density at radius 3 is 2.79 bits per heavy atom. The van der Waals surface area contributed by atoms with Crippen molar-refractivity contribution in [2.75, 3.05) is 24.5 Å². The molecule has 1 aromatic rings. The van der Waals surface area contributed by atoms with E-state index in [1.165, 1.54) is 18.4 Å². The fourth-order valence-electron chi connectivity index (χ4n) is 3.16. The summed E-state index contributed by atoms with van der Waals surface area (Å²) in [7, 11) is 0.